The molecule has 0 fully saturated rings. The van der Waals surface area contributed by atoms with Crippen molar-refractivity contribution in [3.63, 3.8) is 0 Å². The van der Waals surface area contributed by atoms with Gasteiger partial charge in [0.15, 0.2) is 46.3 Å². The highest BCUT2D eigenvalue weighted by molar-refractivity contribution is 6.31. The first-order valence-electron chi connectivity index (χ1n) is 43.0. The third-order valence-corrected chi connectivity index (χ3v) is 21.6. The topological polar surface area (TPSA) is 508 Å². The number of hydrogen-bond acceptors (Lipinski definition) is 29. The summed E-state index contributed by atoms with van der Waals surface area (Å²) >= 11 is 6.02. The monoisotopic (exact) mass is 1950 g/mol. The molecule has 20 aromatic rings. The molecule has 20 rings (SSSR count). The smallest absolute Gasteiger partial charge is 0.259 e. The molecule has 0 saturated carbocycles. The van der Waals surface area contributed by atoms with Gasteiger partial charge in [-0.15, -0.1) is 40.9 Å². The Morgan fingerprint density at radius 3 is 0.945 bits per heavy atom. The van der Waals surface area contributed by atoms with Crippen LogP contribution in [0.15, 0.2) is 352 Å². The predicted molar refractivity (Wildman–Crippen MR) is 534 cm³/mol. The number of aliphatic hydroxyl groups excluding tert-OH is 1. The fourth-order valence-electron chi connectivity index (χ4n) is 14.4. The van der Waals surface area contributed by atoms with Gasteiger partial charge in [0.1, 0.15) is 40.1 Å². The molecule has 0 atom stereocenters. The van der Waals surface area contributed by atoms with Crippen LogP contribution in [0.25, 0.3) is 86.3 Å². The highest BCUT2D eigenvalue weighted by atomic mass is 35.5. The Bertz CT molecular complexity index is 8770. The van der Waals surface area contributed by atoms with E-state index in [1.165, 1.54) is 99.2 Å². The predicted octanol–water partition coefficient (Wildman–Crippen LogP) is 23.7. The van der Waals surface area contributed by atoms with Crippen molar-refractivity contribution in [2.45, 2.75) is 13.5 Å². The number of aliphatic hydroxyl groups is 1. The summed E-state index contributed by atoms with van der Waals surface area (Å²) in [5, 5.41) is 119. The van der Waals surface area contributed by atoms with Crippen LogP contribution in [0.1, 0.15) is 52.6 Å². The Morgan fingerprint density at radius 2 is 0.630 bits per heavy atom. The summed E-state index contributed by atoms with van der Waals surface area (Å²) in [7, 11) is 0. The van der Waals surface area contributed by atoms with E-state index in [1.807, 2.05) is 37.3 Å². The SMILES string of the molecule is [C-]#[N+]c1cnn(-c2ncccn2)c1N=Nc1c(O)c(C(=O)Nc2c(F)cccc2F)cc2ccccc12.[C-]#[N+]c1cnn(-c2ncccn2)c1N=Nc1c(O)c(C(=O)Nc2cccc(CO)c2)cc2ccccc12.[C-]#[N+]c1cnn(-c2ncccn2)c1N=Nc1c(O)c(C(=O)Nc2cccc(Cl)c2)cc2ccccc12.[C-]#[N+]c1cnn(-c2ncccn2)c1N=Nc1c(O)c(C(=O)Nc2ccccc2C)cc2ccccc12. The van der Waals surface area contributed by atoms with Gasteiger partial charge < -0.3 is 46.8 Å². The molecule has 0 aliphatic carbocycles. The second-order valence-electron chi connectivity index (χ2n) is 30.5. The molecule has 0 aliphatic heterocycles. The number of carbonyl (C=O) groups excluding carboxylic acids is 4. The van der Waals surface area contributed by atoms with E-state index < -0.39 is 46.7 Å². The normalized spacial score (nSPS) is 11.0. The summed E-state index contributed by atoms with van der Waals surface area (Å²) in [5.41, 5.74) is 2.62. The van der Waals surface area contributed by atoms with Crippen molar-refractivity contribution in [3.8, 4) is 46.8 Å². The number of azo groups is 4. The minimum Gasteiger partial charge on any atom is -0.505 e. The average Bonchev–Trinajstić information content (AvgIpc) is 0.796. The van der Waals surface area contributed by atoms with E-state index in [2.05, 4.69) is 142 Å². The number of amides is 4. The molecule has 0 bridgehead atoms. The van der Waals surface area contributed by atoms with E-state index in [0.717, 1.165) is 23.8 Å². The van der Waals surface area contributed by atoms with E-state index in [4.69, 9.17) is 37.9 Å². The number of benzene rings is 12. The molecule has 12 aromatic carbocycles. The van der Waals surface area contributed by atoms with Gasteiger partial charge in [-0.05, 0) is 137 Å². The van der Waals surface area contributed by atoms with Crippen LogP contribution >= 0.6 is 11.6 Å². The third-order valence-electron chi connectivity index (χ3n) is 21.3. The van der Waals surface area contributed by atoms with E-state index in [1.54, 1.807) is 182 Å². The van der Waals surface area contributed by atoms with E-state index in [9.17, 15) is 53.5 Å². The van der Waals surface area contributed by atoms with Crippen LogP contribution in [0.4, 0.5) is 100 Å². The first-order chi connectivity index (χ1) is 71.2. The first-order valence-corrected chi connectivity index (χ1v) is 43.3. The van der Waals surface area contributed by atoms with Crippen LogP contribution < -0.4 is 21.3 Å². The number of rotatable bonds is 21. The number of nitrogens with one attached hydrogen (secondary N) is 4. The second-order valence-corrected chi connectivity index (χ2v) is 30.9. The summed E-state index contributed by atoms with van der Waals surface area (Å²) in [4.78, 5) is 99.0. The quantitative estimate of drug-likeness (QED) is 0.0238. The Kier molecular flexibility index (Phi) is 28.8. The number of phenols is 4. The minimum absolute atomic E-state index is 0.00652. The molecule has 44 heteroatoms. The van der Waals surface area contributed by atoms with Crippen molar-refractivity contribution in [1.82, 2.24) is 79.0 Å². The van der Waals surface area contributed by atoms with Gasteiger partial charge in [-0.3, -0.25) is 19.2 Å². The van der Waals surface area contributed by atoms with Gasteiger partial charge >= 0.3 is 0 Å². The van der Waals surface area contributed by atoms with Crippen LogP contribution in [0.2, 0.25) is 5.02 Å². The van der Waals surface area contributed by atoms with Gasteiger partial charge in [-0.25, -0.2) is 68.0 Å². The molecule has 41 nitrogen and oxygen atoms in total. The maximum Gasteiger partial charge on any atom is 0.259 e. The Hall–Kier alpha value is -21.6. The van der Waals surface area contributed by atoms with Crippen LogP contribution in [-0.2, 0) is 6.61 Å². The molecule has 0 radical (unpaired) electrons. The summed E-state index contributed by atoms with van der Waals surface area (Å²) in [5.74, 6) is -5.23. The average molecular weight is 1960 g/mol. The molecule has 0 spiro atoms. The molecule has 8 aromatic heterocycles. The maximum absolute atomic E-state index is 14.1. The molecule has 0 aliphatic rings. The minimum atomic E-state index is -0.975. The number of phenolic OH excluding ortho intramolecular Hbond substituents is 4. The summed E-state index contributed by atoms with van der Waals surface area (Å²) < 4.78 is 33.2. The Morgan fingerprint density at radius 1 is 0.342 bits per heavy atom. The van der Waals surface area contributed by atoms with Crippen LogP contribution in [0.3, 0.4) is 0 Å². The van der Waals surface area contributed by atoms with Gasteiger partial charge in [0.2, 0.25) is 0 Å². The number of halogens is 3. The lowest BCUT2D eigenvalue weighted by atomic mass is 10.0. The second kappa shape index (κ2) is 43.8. The lowest BCUT2D eigenvalue weighted by Crippen LogP contribution is -2.14. The Labute approximate surface area is 827 Å². The standard InChI is InChI=1S/C26H18N8O3.C26H18N8O2.C25H15ClN8O2.C25H14F2N8O2/c1-27-21-14-30-34(26-28-10-5-11-29-26)24(21)33-32-22-19-9-3-2-7-17(19)13-20(23(22)36)25(37)31-18-8-4-6-16(12-18)15-35;1-16-8-3-6-11-20(16)31-25(36)19-14-17-9-4-5-10-18(17)22(23(19)35)32-33-24-21(27-2)15-30-34(24)26-28-12-7-13-29-26;1-27-20-14-30-34(25-28-10-5-11-29-25)23(20)33-32-21-18-9-3-2-6-15(18)12-19(22(21)35)24(36)31-17-8-4-7-16(26)13-17;1-28-19-13-31-35(25-29-10-5-11-30-25)23(19)34-33-20-15-7-3-2-6-14(15)12-16(22(20)36)24(37)32-21-17(26)8-4-9-18(21)27/h2-14,35-36H,15H2,(H,31,37);3-15,35H,1H3,(H,31,36);2-14,35H,(H,31,36);2-13,36H,(H,32,37). The van der Waals surface area contributed by atoms with Crippen LogP contribution in [0.5, 0.6) is 23.0 Å². The molecule has 0 saturated heterocycles. The third kappa shape index (κ3) is 21.0. The molecular weight excluding hydrogens is 1890 g/mol. The Balaban J connectivity index is 0.000000133. The highest BCUT2D eigenvalue weighted by Crippen LogP contribution is 2.47. The van der Waals surface area contributed by atoms with Gasteiger partial charge in [0.25, 0.3) is 70.2 Å². The molecule has 0 unspecified atom stereocenters. The van der Waals surface area contributed by atoms with Gasteiger partial charge in [-0.1, -0.05) is 151 Å². The molecular formula is C102H65ClF2N32O9. The zero-order valence-electron chi connectivity index (χ0n) is 75.2. The molecule has 8 heterocycles. The van der Waals surface area contributed by atoms with Crippen molar-refractivity contribution in [2.75, 3.05) is 21.3 Å². The first kappa shape index (κ1) is 96.1. The van der Waals surface area contributed by atoms with Gasteiger partial charge in [0.05, 0.1) is 79.9 Å². The van der Waals surface area contributed by atoms with Gasteiger partial charge in [0, 0.05) is 93.2 Å². The number of aromatic nitrogens is 16. The van der Waals surface area contributed by atoms with Crippen molar-refractivity contribution in [1.29, 1.82) is 0 Å². The van der Waals surface area contributed by atoms with Crippen molar-refractivity contribution < 1.29 is 53.5 Å². The zero-order valence-corrected chi connectivity index (χ0v) is 75.9. The number of para-hydroxylation sites is 2. The zero-order chi connectivity index (χ0) is 102. The number of hydrogen-bond donors (Lipinski definition) is 9. The van der Waals surface area contributed by atoms with E-state index in [-0.39, 0.29) is 139 Å². The lowest BCUT2D eigenvalue weighted by molar-refractivity contribution is 0.101. The highest BCUT2D eigenvalue weighted by Gasteiger charge is 2.28. The summed E-state index contributed by atoms with van der Waals surface area (Å²) in [6.07, 6.45) is 17.4. The lowest BCUT2D eigenvalue weighted by Gasteiger charge is -2.12. The number of fused-ring (bicyclic) bond motifs is 4. The van der Waals surface area contributed by atoms with E-state index >= 15 is 0 Å². The largest absolute Gasteiger partial charge is 0.505 e. The summed E-state index contributed by atoms with van der Waals surface area (Å²) in [6.45, 7) is 31.5. The number of aryl methyl sites for hydroxylation is 1. The van der Waals surface area contributed by atoms with E-state index in [0.29, 0.717) is 70.7 Å². The number of anilines is 4. The van der Waals surface area contributed by atoms with Gasteiger partial charge in [-0.2, -0.15) is 39.1 Å². The van der Waals surface area contributed by atoms with Crippen molar-refractivity contribution >= 4 is 170 Å². The molecule has 708 valence electrons. The van der Waals surface area contributed by atoms with Crippen LogP contribution in [-0.4, -0.2) is 128 Å². The number of carbonyl (C=O) groups is 4. The van der Waals surface area contributed by atoms with Crippen LogP contribution in [0, 0.1) is 44.8 Å². The molecule has 4 amide bonds. The number of aromatic hydroxyl groups is 4. The number of nitrogens with zero attached hydrogens (tertiary/aromatic N) is 28. The van der Waals surface area contributed by atoms with Crippen molar-refractivity contribution in [3.05, 3.63) is 407 Å². The fourth-order valence-corrected chi connectivity index (χ4v) is 14.6. The molecule has 146 heavy (non-hydrogen) atoms. The fraction of sp³-hybridized carbons (Fsp3) is 0.0196. The van der Waals surface area contributed by atoms with Crippen molar-refractivity contribution in [2.24, 2.45) is 40.9 Å². The summed E-state index contributed by atoms with van der Waals surface area (Å²) in [6, 6.07) is 64.7. The maximum atomic E-state index is 14.1. The molecule has 9 N–H and O–H groups in total.